The first-order valence-corrected chi connectivity index (χ1v) is 23.4. The van der Waals surface area contributed by atoms with Crippen LogP contribution in [0.2, 0.25) is 0 Å². The van der Waals surface area contributed by atoms with Crippen molar-refractivity contribution in [3.63, 3.8) is 0 Å². The second kappa shape index (κ2) is 18.4. The lowest BCUT2D eigenvalue weighted by atomic mass is 10.1. The molecule has 0 aliphatic carbocycles. The summed E-state index contributed by atoms with van der Waals surface area (Å²) in [6, 6.07) is 12.0. The van der Waals surface area contributed by atoms with Crippen molar-refractivity contribution in [3.05, 3.63) is 66.7 Å². The quantitative estimate of drug-likeness (QED) is 0.0173. The van der Waals surface area contributed by atoms with Crippen LogP contribution >= 0.6 is 12.3 Å². The summed E-state index contributed by atoms with van der Waals surface area (Å²) >= 11 is 0.185. The van der Waals surface area contributed by atoms with Gasteiger partial charge in [-0.1, -0.05) is 11.1 Å². The standard InChI is InChI=1S/C31H30N8O17S5/c40-28-26-18(15-25(61(50,51)52)27(28)38-37-19-4-6-21(7-5-19)58(42,43)13-12-54-57-56-55-41)14-23(60(47,48)49)17-24(26)33-30-34-29(35-31(36-30)39-8-10-53-11-9-39)32-20-2-1-3-22(16-20)59(44,45)46/h1-7,14-17,40-41H,8-13H2,(H,44,45,46)(H,47,48,49)(H,50,51,52)(H2,32,33,34,35,36). The Bertz CT molecular complexity index is 2940. The van der Waals surface area contributed by atoms with Gasteiger partial charge in [0.25, 0.3) is 30.4 Å². The number of morpholine rings is 1. The third-order valence-corrected chi connectivity index (χ3v) is 12.9. The van der Waals surface area contributed by atoms with Crippen molar-refractivity contribution in [2.24, 2.45) is 10.2 Å². The van der Waals surface area contributed by atoms with Gasteiger partial charge in [-0.25, -0.2) is 13.7 Å². The van der Waals surface area contributed by atoms with Crippen LogP contribution in [-0.4, -0.2) is 111 Å². The smallest absolute Gasteiger partial charge is 0.296 e. The molecule has 1 aliphatic heterocycles. The van der Waals surface area contributed by atoms with Crippen LogP contribution in [0.5, 0.6) is 5.75 Å². The molecule has 1 saturated heterocycles. The first-order valence-electron chi connectivity index (χ1n) is 16.7. The predicted octanol–water partition coefficient (Wildman–Crippen LogP) is 3.98. The summed E-state index contributed by atoms with van der Waals surface area (Å²) in [6.45, 7) is 0.816. The fourth-order valence-electron chi connectivity index (χ4n) is 5.52. The number of phenolic OH excluding ortho intramolecular Hbond substituents is 1. The Morgan fingerprint density at radius 3 is 2.08 bits per heavy atom. The molecule has 0 saturated carbocycles. The lowest BCUT2D eigenvalue weighted by molar-refractivity contribution is -0.434. The zero-order chi connectivity index (χ0) is 44.2. The number of fused-ring (bicyclic) bond motifs is 1. The molecule has 0 amide bonds. The van der Waals surface area contributed by atoms with Gasteiger partial charge in [-0.3, -0.25) is 17.8 Å². The predicted molar refractivity (Wildman–Crippen MR) is 212 cm³/mol. The number of nitrogens with one attached hydrogen (secondary N) is 2. The summed E-state index contributed by atoms with van der Waals surface area (Å²) < 4.78 is 143. The SMILES string of the molecule is O=S(=O)(O)c1cccc(Nc2nc(Nc3cc(S(=O)(=O)O)cc4cc(S(=O)(=O)O)c(N=Nc5ccc(S(=O)(=O)CCOSOOO)cc5)c(O)c34)nc(N3CCOCC3)n2)c1. The van der Waals surface area contributed by atoms with E-state index in [2.05, 4.69) is 45.2 Å². The van der Waals surface area contributed by atoms with Crippen molar-refractivity contribution in [3.8, 4) is 5.75 Å². The van der Waals surface area contributed by atoms with E-state index in [0.29, 0.717) is 13.1 Å². The largest absolute Gasteiger partial charge is 0.505 e. The van der Waals surface area contributed by atoms with E-state index in [0.717, 1.165) is 42.5 Å². The number of rotatable bonds is 17. The van der Waals surface area contributed by atoms with Crippen molar-refractivity contribution in [1.82, 2.24) is 15.0 Å². The van der Waals surface area contributed by atoms with E-state index in [1.807, 2.05) is 0 Å². The van der Waals surface area contributed by atoms with Crippen molar-refractivity contribution in [1.29, 1.82) is 0 Å². The zero-order valence-electron chi connectivity index (χ0n) is 30.5. The van der Waals surface area contributed by atoms with Gasteiger partial charge in [-0.05, 0) is 66.0 Å². The number of hydrogen-bond acceptors (Lipinski definition) is 23. The van der Waals surface area contributed by atoms with E-state index in [1.54, 1.807) is 4.90 Å². The van der Waals surface area contributed by atoms with Gasteiger partial charge in [0.1, 0.15) is 10.6 Å². The average molecular weight is 947 g/mol. The molecule has 1 aromatic heterocycles. The van der Waals surface area contributed by atoms with Crippen molar-refractivity contribution in [2.75, 3.05) is 54.2 Å². The highest BCUT2D eigenvalue weighted by atomic mass is 32.2. The van der Waals surface area contributed by atoms with E-state index in [9.17, 15) is 52.4 Å². The molecular formula is C31H30N8O17S5. The Kier molecular flexibility index (Phi) is 13.7. The highest BCUT2D eigenvalue weighted by Crippen LogP contribution is 2.46. The van der Waals surface area contributed by atoms with Crippen LogP contribution in [0.25, 0.3) is 10.8 Å². The molecule has 0 bridgehead atoms. The number of aromatic nitrogens is 3. The maximum Gasteiger partial charge on any atom is 0.296 e. The molecule has 7 N–H and O–H groups in total. The third-order valence-electron chi connectivity index (χ3n) is 8.25. The Morgan fingerprint density at radius 2 is 1.44 bits per heavy atom. The molecule has 0 spiro atoms. The third kappa shape index (κ3) is 11.4. The first kappa shape index (κ1) is 45.3. The number of sulfone groups is 1. The fourth-order valence-corrected chi connectivity index (χ4v) is 8.66. The molecule has 30 heteroatoms. The van der Waals surface area contributed by atoms with E-state index in [-0.39, 0.29) is 82.7 Å². The summed E-state index contributed by atoms with van der Waals surface area (Å²) in [5, 5.41) is 35.6. The molecule has 2 heterocycles. The van der Waals surface area contributed by atoms with E-state index >= 15 is 0 Å². The van der Waals surface area contributed by atoms with Gasteiger partial charge in [0, 0.05) is 24.2 Å². The van der Waals surface area contributed by atoms with E-state index < -0.39 is 72.1 Å². The highest BCUT2D eigenvalue weighted by molar-refractivity contribution is 7.91. The summed E-state index contributed by atoms with van der Waals surface area (Å²) in [7, 11) is -18.8. The normalized spacial score (nSPS) is 14.1. The van der Waals surface area contributed by atoms with Crippen LogP contribution in [-0.2, 0) is 58.5 Å². The topological polar surface area (TPSA) is 365 Å². The lowest BCUT2D eigenvalue weighted by Gasteiger charge is -2.27. The molecule has 0 atom stereocenters. The zero-order valence-corrected chi connectivity index (χ0v) is 34.5. The maximum atomic E-state index is 12.7. The van der Waals surface area contributed by atoms with Crippen LogP contribution in [0.3, 0.4) is 0 Å². The number of hydrogen-bond donors (Lipinski definition) is 7. The van der Waals surface area contributed by atoms with Crippen LogP contribution in [0.1, 0.15) is 0 Å². The lowest BCUT2D eigenvalue weighted by Crippen LogP contribution is -2.37. The minimum absolute atomic E-state index is 0.0331. The molecule has 1 fully saturated rings. The summed E-state index contributed by atoms with van der Waals surface area (Å²) in [4.78, 5) is 12.3. The van der Waals surface area contributed by atoms with Crippen molar-refractivity contribution >= 4 is 104 Å². The Hall–Kier alpha value is -5.22. The molecular weight excluding hydrogens is 917 g/mol. The monoisotopic (exact) mass is 946 g/mol. The van der Waals surface area contributed by atoms with Crippen molar-refractivity contribution < 1.29 is 76.0 Å². The molecule has 1 aliphatic rings. The van der Waals surface area contributed by atoms with Gasteiger partial charge in [-0.15, -0.1) is 9.45 Å². The van der Waals surface area contributed by atoms with Gasteiger partial charge in [0.15, 0.2) is 27.9 Å². The van der Waals surface area contributed by atoms with Crippen LogP contribution in [0.15, 0.2) is 96.5 Å². The minimum Gasteiger partial charge on any atom is -0.505 e. The number of ether oxygens (including phenoxy) is 1. The van der Waals surface area contributed by atoms with E-state index in [1.165, 1.54) is 24.3 Å². The molecule has 61 heavy (non-hydrogen) atoms. The summed E-state index contributed by atoms with van der Waals surface area (Å²) in [5.74, 6) is -2.02. The van der Waals surface area contributed by atoms with Gasteiger partial charge < -0.3 is 25.4 Å². The van der Waals surface area contributed by atoms with Gasteiger partial charge in [0.2, 0.25) is 17.8 Å². The second-order valence-corrected chi connectivity index (χ2v) is 19.1. The molecule has 0 unspecified atom stereocenters. The van der Waals surface area contributed by atoms with E-state index in [4.69, 9.17) is 14.2 Å². The molecule has 0 radical (unpaired) electrons. The van der Waals surface area contributed by atoms with Crippen LogP contribution < -0.4 is 15.5 Å². The highest BCUT2D eigenvalue weighted by Gasteiger charge is 2.27. The fraction of sp³-hybridized carbons (Fsp3) is 0.194. The average Bonchev–Trinajstić information content (AvgIpc) is 3.19. The Balaban J connectivity index is 1.43. The molecule has 326 valence electrons. The van der Waals surface area contributed by atoms with Gasteiger partial charge in [0.05, 0.1) is 51.6 Å². The minimum atomic E-state index is -5.26. The molecule has 6 rings (SSSR count). The molecule has 4 aromatic carbocycles. The maximum absolute atomic E-state index is 12.7. The van der Waals surface area contributed by atoms with Crippen LogP contribution in [0, 0.1) is 0 Å². The van der Waals surface area contributed by atoms with Gasteiger partial charge >= 0.3 is 0 Å². The Morgan fingerprint density at radius 1 is 0.770 bits per heavy atom. The first-order chi connectivity index (χ1) is 28.7. The number of aromatic hydroxyl groups is 1. The van der Waals surface area contributed by atoms with Crippen molar-refractivity contribution in [2.45, 2.75) is 19.6 Å². The molecule has 25 nitrogen and oxygen atoms in total. The number of phenols is 1. The number of anilines is 5. The summed E-state index contributed by atoms with van der Waals surface area (Å²) in [6.07, 6.45) is 0. The van der Waals surface area contributed by atoms with Crippen LogP contribution in [0.4, 0.5) is 40.6 Å². The van der Waals surface area contributed by atoms with Gasteiger partial charge in [-0.2, -0.15) is 45.3 Å². The number of nitrogens with zero attached hydrogens (tertiary/aromatic N) is 6. The second-order valence-electron chi connectivity index (χ2n) is 12.3. The molecule has 5 aromatic rings. The number of benzene rings is 4. The summed E-state index contributed by atoms with van der Waals surface area (Å²) in [5.41, 5.74) is -1.19. The Labute approximate surface area is 349 Å². The number of azo groups is 1.